The lowest BCUT2D eigenvalue weighted by Gasteiger charge is -2.26. The Kier molecular flexibility index (Phi) is 3.14. The molecule has 0 amide bonds. The molecule has 6 nitrogen and oxygen atoms in total. The van der Waals surface area contributed by atoms with Gasteiger partial charge in [-0.15, -0.1) is 0 Å². The zero-order valence-electron chi connectivity index (χ0n) is 11.6. The van der Waals surface area contributed by atoms with Crippen molar-refractivity contribution in [2.45, 2.75) is 12.5 Å². The molecule has 1 aliphatic heterocycles. The van der Waals surface area contributed by atoms with Crippen molar-refractivity contribution in [3.05, 3.63) is 30.0 Å². The molecule has 0 bridgehead atoms. The summed E-state index contributed by atoms with van der Waals surface area (Å²) < 4.78 is 12.6. The number of ether oxygens (including phenoxy) is 2. The Labute approximate surface area is 117 Å². The van der Waals surface area contributed by atoms with Crippen molar-refractivity contribution in [2.75, 3.05) is 31.8 Å². The van der Waals surface area contributed by atoms with Crippen LogP contribution in [0.2, 0.25) is 0 Å². The first-order valence-electron chi connectivity index (χ1n) is 6.53. The maximum Gasteiger partial charge on any atom is 0.161 e. The predicted molar refractivity (Wildman–Crippen MR) is 77.4 cm³/mol. The first kappa shape index (κ1) is 12.7. The van der Waals surface area contributed by atoms with Gasteiger partial charge in [-0.2, -0.15) is 5.10 Å². The normalized spacial score (nSPS) is 17.2. The van der Waals surface area contributed by atoms with Gasteiger partial charge in [0.1, 0.15) is 5.82 Å². The Morgan fingerprint density at radius 1 is 1.30 bits per heavy atom. The van der Waals surface area contributed by atoms with E-state index >= 15 is 0 Å². The Morgan fingerprint density at radius 2 is 2.10 bits per heavy atom. The number of nitrogens with one attached hydrogen (secondary N) is 1. The van der Waals surface area contributed by atoms with Gasteiger partial charge < -0.3 is 20.5 Å². The van der Waals surface area contributed by atoms with Gasteiger partial charge in [-0.3, -0.25) is 0 Å². The monoisotopic (exact) mass is 274 g/mol. The maximum absolute atomic E-state index is 5.91. The van der Waals surface area contributed by atoms with E-state index in [2.05, 4.69) is 10.4 Å². The second-order valence-electron chi connectivity index (χ2n) is 4.74. The molecule has 0 saturated carbocycles. The summed E-state index contributed by atoms with van der Waals surface area (Å²) >= 11 is 0. The van der Waals surface area contributed by atoms with E-state index in [4.69, 9.17) is 15.2 Å². The number of methoxy groups -OCH3 is 2. The summed E-state index contributed by atoms with van der Waals surface area (Å²) in [5.74, 6) is 2.34. The molecule has 0 radical (unpaired) electrons. The predicted octanol–water partition coefficient (Wildman–Crippen LogP) is 1.89. The van der Waals surface area contributed by atoms with Crippen LogP contribution in [0.5, 0.6) is 11.5 Å². The molecule has 3 N–H and O–H groups in total. The van der Waals surface area contributed by atoms with Crippen LogP contribution in [-0.4, -0.2) is 30.5 Å². The molecule has 1 aromatic carbocycles. The zero-order chi connectivity index (χ0) is 14.1. The minimum absolute atomic E-state index is 0.156. The van der Waals surface area contributed by atoms with Crippen LogP contribution < -0.4 is 20.5 Å². The van der Waals surface area contributed by atoms with Crippen LogP contribution in [0.15, 0.2) is 24.4 Å². The highest BCUT2D eigenvalue weighted by Crippen LogP contribution is 2.36. The summed E-state index contributed by atoms with van der Waals surface area (Å²) in [4.78, 5) is 0. The van der Waals surface area contributed by atoms with Gasteiger partial charge in [0, 0.05) is 6.54 Å². The molecule has 2 aromatic rings. The molecule has 0 saturated heterocycles. The third kappa shape index (κ3) is 1.93. The lowest BCUT2D eigenvalue weighted by Crippen LogP contribution is -2.24. The number of anilines is 2. The molecule has 1 aliphatic rings. The fraction of sp³-hybridized carbons (Fsp3) is 0.357. The van der Waals surface area contributed by atoms with Crippen LogP contribution in [0.4, 0.5) is 11.5 Å². The first-order valence-corrected chi connectivity index (χ1v) is 6.53. The smallest absolute Gasteiger partial charge is 0.161 e. The maximum atomic E-state index is 5.91. The topological polar surface area (TPSA) is 74.3 Å². The number of aromatic nitrogens is 2. The van der Waals surface area contributed by atoms with Crippen LogP contribution in [0.25, 0.3) is 0 Å². The largest absolute Gasteiger partial charge is 0.493 e. The number of fused-ring (bicyclic) bond motifs is 1. The molecule has 1 atom stereocenters. The van der Waals surface area contributed by atoms with Gasteiger partial charge >= 0.3 is 0 Å². The van der Waals surface area contributed by atoms with Crippen molar-refractivity contribution in [3.63, 3.8) is 0 Å². The molecule has 3 rings (SSSR count). The van der Waals surface area contributed by atoms with E-state index in [1.165, 1.54) is 0 Å². The van der Waals surface area contributed by atoms with E-state index in [1.54, 1.807) is 20.4 Å². The zero-order valence-corrected chi connectivity index (χ0v) is 11.6. The van der Waals surface area contributed by atoms with Crippen LogP contribution in [0.1, 0.15) is 18.0 Å². The van der Waals surface area contributed by atoms with Crippen LogP contribution in [0.3, 0.4) is 0 Å². The average Bonchev–Trinajstić information content (AvgIpc) is 2.88. The highest BCUT2D eigenvalue weighted by molar-refractivity contribution is 5.62. The number of nitrogens with two attached hydrogens (primary N) is 1. The highest BCUT2D eigenvalue weighted by Gasteiger charge is 2.24. The van der Waals surface area contributed by atoms with E-state index < -0.39 is 0 Å². The molecule has 0 fully saturated rings. The molecule has 1 unspecified atom stereocenters. The molecule has 0 aliphatic carbocycles. The van der Waals surface area contributed by atoms with Gasteiger partial charge in [0.05, 0.1) is 32.1 Å². The number of hydrogen-bond donors (Lipinski definition) is 2. The van der Waals surface area contributed by atoms with E-state index in [0.29, 0.717) is 5.69 Å². The Bertz CT molecular complexity index is 624. The Morgan fingerprint density at radius 3 is 2.85 bits per heavy atom. The fourth-order valence-electron chi connectivity index (χ4n) is 2.61. The van der Waals surface area contributed by atoms with Crippen LogP contribution in [-0.2, 0) is 0 Å². The standard InChI is InChI=1S/C14H18N4O2/c1-19-12-4-3-9(7-13(12)20-2)11-5-6-16-14-10(15)8-17-18(11)14/h3-4,7-8,11,16H,5-6,15H2,1-2H3. The van der Waals surface area contributed by atoms with Crippen molar-refractivity contribution in [3.8, 4) is 11.5 Å². The molecule has 106 valence electrons. The van der Waals surface area contributed by atoms with Crippen LogP contribution in [0, 0.1) is 0 Å². The molecule has 2 heterocycles. The minimum Gasteiger partial charge on any atom is -0.493 e. The fourth-order valence-corrected chi connectivity index (χ4v) is 2.61. The third-order valence-electron chi connectivity index (χ3n) is 3.62. The van der Waals surface area contributed by atoms with Gasteiger partial charge in [0.15, 0.2) is 11.5 Å². The van der Waals surface area contributed by atoms with Gasteiger partial charge in [-0.1, -0.05) is 6.07 Å². The van der Waals surface area contributed by atoms with Crippen molar-refractivity contribution in [2.24, 2.45) is 0 Å². The summed E-state index contributed by atoms with van der Waals surface area (Å²) in [7, 11) is 3.27. The SMILES string of the molecule is COc1ccc(C2CCNc3c(N)cnn32)cc1OC. The lowest BCUT2D eigenvalue weighted by molar-refractivity contribution is 0.353. The second kappa shape index (κ2) is 4.96. The van der Waals surface area contributed by atoms with E-state index in [-0.39, 0.29) is 6.04 Å². The van der Waals surface area contributed by atoms with Gasteiger partial charge in [-0.25, -0.2) is 4.68 Å². The molecule has 0 spiro atoms. The van der Waals surface area contributed by atoms with Gasteiger partial charge in [-0.05, 0) is 24.1 Å². The summed E-state index contributed by atoms with van der Waals surface area (Å²) in [6.45, 7) is 0.870. The van der Waals surface area contributed by atoms with Crippen LogP contribution >= 0.6 is 0 Å². The van der Waals surface area contributed by atoms with E-state index in [9.17, 15) is 0 Å². The van der Waals surface area contributed by atoms with Crippen molar-refractivity contribution in [1.29, 1.82) is 0 Å². The number of nitrogen functional groups attached to an aromatic ring is 1. The Hall–Kier alpha value is -2.37. The number of hydrogen-bond acceptors (Lipinski definition) is 5. The average molecular weight is 274 g/mol. The van der Waals surface area contributed by atoms with Crippen molar-refractivity contribution in [1.82, 2.24) is 9.78 Å². The number of rotatable bonds is 3. The number of nitrogens with zero attached hydrogens (tertiary/aromatic N) is 2. The van der Waals surface area contributed by atoms with Crippen molar-refractivity contribution < 1.29 is 9.47 Å². The highest BCUT2D eigenvalue weighted by atomic mass is 16.5. The number of benzene rings is 1. The van der Waals surface area contributed by atoms with Gasteiger partial charge in [0.25, 0.3) is 0 Å². The van der Waals surface area contributed by atoms with Gasteiger partial charge in [0.2, 0.25) is 0 Å². The third-order valence-corrected chi connectivity index (χ3v) is 3.62. The molecule has 20 heavy (non-hydrogen) atoms. The molecule has 6 heteroatoms. The summed E-state index contributed by atoms with van der Waals surface area (Å²) in [5, 5.41) is 7.65. The summed E-state index contributed by atoms with van der Waals surface area (Å²) in [6, 6.07) is 6.11. The molecular formula is C14H18N4O2. The molecular weight excluding hydrogens is 256 g/mol. The quantitative estimate of drug-likeness (QED) is 0.894. The lowest BCUT2D eigenvalue weighted by atomic mass is 10.0. The van der Waals surface area contributed by atoms with E-state index in [1.807, 2.05) is 22.9 Å². The Balaban J connectivity index is 2.02. The first-order chi connectivity index (χ1) is 9.74. The van der Waals surface area contributed by atoms with Crippen molar-refractivity contribution >= 4 is 11.5 Å². The second-order valence-corrected chi connectivity index (χ2v) is 4.74. The minimum atomic E-state index is 0.156. The summed E-state index contributed by atoms with van der Waals surface area (Å²) in [5.41, 5.74) is 7.72. The molecule has 1 aromatic heterocycles. The summed E-state index contributed by atoms with van der Waals surface area (Å²) in [6.07, 6.45) is 2.63. The van der Waals surface area contributed by atoms with E-state index in [0.717, 1.165) is 35.8 Å².